The number of amides is 1. The largest absolute Gasteiger partial charge is 0.487 e. The van der Waals surface area contributed by atoms with Crippen LogP contribution in [0.3, 0.4) is 0 Å². The minimum absolute atomic E-state index is 0.00419. The molecule has 4 aromatic rings. The molecule has 6 rings (SSSR count). The highest BCUT2D eigenvalue weighted by atomic mass is 16.5. The van der Waals surface area contributed by atoms with E-state index >= 15 is 0 Å². The number of benzene rings is 3. The molecule has 0 unspecified atom stereocenters. The number of carbonyl (C=O) groups excluding carboxylic acids is 1. The Bertz CT molecular complexity index is 1730. The first-order valence-electron chi connectivity index (χ1n) is 17.0. The van der Waals surface area contributed by atoms with Crippen molar-refractivity contribution in [2.45, 2.75) is 95.4 Å². The predicted molar refractivity (Wildman–Crippen MR) is 185 cm³/mol. The number of aromatic nitrogens is 1. The van der Waals surface area contributed by atoms with E-state index in [1.807, 2.05) is 59.3 Å². The third kappa shape index (κ3) is 7.62. The second kappa shape index (κ2) is 14.2. The summed E-state index contributed by atoms with van der Waals surface area (Å²) in [5.41, 5.74) is 6.01. The molecule has 7 nitrogen and oxygen atoms in total. The molecule has 1 aliphatic carbocycles. The van der Waals surface area contributed by atoms with Gasteiger partial charge in [-0.3, -0.25) is 4.79 Å². The van der Waals surface area contributed by atoms with Crippen molar-refractivity contribution in [1.29, 1.82) is 5.26 Å². The molecule has 1 aromatic heterocycles. The summed E-state index contributed by atoms with van der Waals surface area (Å²) in [6.07, 6.45) is 7.72. The van der Waals surface area contributed by atoms with Gasteiger partial charge in [-0.15, -0.1) is 0 Å². The lowest BCUT2D eigenvalue weighted by atomic mass is 9.88. The number of hydrogen-bond acceptors (Lipinski definition) is 5. The van der Waals surface area contributed by atoms with E-state index in [9.17, 15) is 15.2 Å². The second-order valence-corrected chi connectivity index (χ2v) is 13.8. The first-order valence-corrected chi connectivity index (χ1v) is 17.0. The zero-order valence-electron chi connectivity index (χ0n) is 27.7. The normalized spacial score (nSPS) is 18.5. The predicted octanol–water partition coefficient (Wildman–Crippen LogP) is 7.16. The van der Waals surface area contributed by atoms with Gasteiger partial charge in [-0.05, 0) is 98.5 Å². The molecule has 2 heterocycles. The van der Waals surface area contributed by atoms with Crippen LogP contribution in [0.15, 0.2) is 85.1 Å². The fourth-order valence-electron chi connectivity index (χ4n) is 7.21. The van der Waals surface area contributed by atoms with Crippen molar-refractivity contribution in [3.05, 3.63) is 119 Å². The van der Waals surface area contributed by atoms with Crippen molar-refractivity contribution in [3.63, 3.8) is 0 Å². The summed E-state index contributed by atoms with van der Waals surface area (Å²) in [6, 6.07) is 27.7. The minimum Gasteiger partial charge on any atom is -0.487 e. The average molecular weight is 631 g/mol. The third-order valence-electron chi connectivity index (χ3n) is 9.76. The minimum atomic E-state index is -0.852. The van der Waals surface area contributed by atoms with Crippen LogP contribution in [0.2, 0.25) is 0 Å². The standard InChI is InChI=1S/C40H46N4O3/c1-4-27-16-17-38-34(19-27)36(24-40(2,3)47-38)42-26-37(45)35(20-28-11-6-5-7-12-28)43-39(46)31-21-30(29-13-8-9-14-29)22-33(23-31)44-18-10-15-32(44)25-41/h5-7,10-12,15-19,21-23,29,35-37,42,45H,4,8-9,13-14,20,24,26H2,1-3H3,(H,43,46)/t35-,36-,37-/m0/s1. The molecule has 0 radical (unpaired) electrons. The quantitative estimate of drug-likeness (QED) is 0.163. The van der Waals surface area contributed by atoms with Gasteiger partial charge in [0.25, 0.3) is 5.91 Å². The molecule has 244 valence electrons. The number of rotatable bonds is 11. The average Bonchev–Trinajstić information content (AvgIpc) is 3.79. The van der Waals surface area contributed by atoms with Gasteiger partial charge >= 0.3 is 0 Å². The summed E-state index contributed by atoms with van der Waals surface area (Å²) in [7, 11) is 0. The van der Waals surface area contributed by atoms with Gasteiger partial charge in [0.2, 0.25) is 0 Å². The Morgan fingerprint density at radius 1 is 1.04 bits per heavy atom. The van der Waals surface area contributed by atoms with E-state index in [4.69, 9.17) is 4.74 Å². The van der Waals surface area contributed by atoms with Gasteiger partial charge in [-0.1, -0.05) is 62.2 Å². The molecule has 47 heavy (non-hydrogen) atoms. The van der Waals surface area contributed by atoms with E-state index in [0.29, 0.717) is 30.1 Å². The summed E-state index contributed by atoms with van der Waals surface area (Å²) >= 11 is 0. The zero-order valence-corrected chi connectivity index (χ0v) is 27.7. The van der Waals surface area contributed by atoms with Gasteiger partial charge in [-0.25, -0.2) is 0 Å². The fourth-order valence-corrected chi connectivity index (χ4v) is 7.21. The summed E-state index contributed by atoms with van der Waals surface area (Å²) in [5, 5.41) is 28.3. The van der Waals surface area contributed by atoms with Crippen molar-refractivity contribution in [3.8, 4) is 17.5 Å². The molecule has 0 bridgehead atoms. The van der Waals surface area contributed by atoms with Gasteiger partial charge in [0.1, 0.15) is 23.1 Å². The Labute approximate surface area is 278 Å². The first kappa shape index (κ1) is 32.6. The highest BCUT2D eigenvalue weighted by molar-refractivity contribution is 5.95. The van der Waals surface area contributed by atoms with Crippen LogP contribution in [-0.4, -0.2) is 39.9 Å². The maximum absolute atomic E-state index is 14.1. The molecule has 1 saturated carbocycles. The van der Waals surface area contributed by atoms with Crippen LogP contribution in [0.1, 0.15) is 103 Å². The Morgan fingerprint density at radius 2 is 1.83 bits per heavy atom. The van der Waals surface area contributed by atoms with Gasteiger partial charge < -0.3 is 25.0 Å². The summed E-state index contributed by atoms with van der Waals surface area (Å²) in [4.78, 5) is 14.1. The number of nitrogens with one attached hydrogen (secondary N) is 2. The monoisotopic (exact) mass is 630 g/mol. The molecule has 3 atom stereocenters. The molecule has 1 aliphatic heterocycles. The van der Waals surface area contributed by atoms with E-state index in [1.165, 1.54) is 18.4 Å². The van der Waals surface area contributed by atoms with Gasteiger partial charge in [-0.2, -0.15) is 5.26 Å². The van der Waals surface area contributed by atoms with Crippen LogP contribution in [0, 0.1) is 11.3 Å². The van der Waals surface area contributed by atoms with E-state index < -0.39 is 12.1 Å². The summed E-state index contributed by atoms with van der Waals surface area (Å²) in [6.45, 7) is 6.63. The number of aliphatic hydroxyl groups excluding tert-OH is 1. The molecule has 3 N–H and O–H groups in total. The second-order valence-electron chi connectivity index (χ2n) is 13.8. The fraction of sp³-hybridized carbons (Fsp3) is 0.400. The molecule has 3 aromatic carbocycles. The van der Waals surface area contributed by atoms with E-state index in [0.717, 1.165) is 53.8 Å². The van der Waals surface area contributed by atoms with Crippen molar-refractivity contribution in [1.82, 2.24) is 15.2 Å². The van der Waals surface area contributed by atoms with Crippen molar-refractivity contribution < 1.29 is 14.6 Å². The Hall–Kier alpha value is -4.38. The van der Waals surface area contributed by atoms with Crippen molar-refractivity contribution in [2.24, 2.45) is 0 Å². The number of nitriles is 1. The van der Waals surface area contributed by atoms with Crippen LogP contribution >= 0.6 is 0 Å². The van der Waals surface area contributed by atoms with E-state index in [1.54, 1.807) is 6.07 Å². The molecule has 7 heteroatoms. The van der Waals surface area contributed by atoms with Crippen LogP contribution in [0.25, 0.3) is 5.69 Å². The maximum atomic E-state index is 14.1. The summed E-state index contributed by atoms with van der Waals surface area (Å²) in [5.74, 6) is 1.03. The van der Waals surface area contributed by atoms with E-state index in [-0.39, 0.29) is 17.6 Å². The lowest BCUT2D eigenvalue weighted by Crippen LogP contribution is -2.50. The Kier molecular flexibility index (Phi) is 9.81. The Balaban J connectivity index is 1.26. The number of aryl methyl sites for hydroxylation is 1. The van der Waals surface area contributed by atoms with Crippen LogP contribution in [0.5, 0.6) is 5.75 Å². The highest BCUT2D eigenvalue weighted by Crippen LogP contribution is 2.40. The van der Waals surface area contributed by atoms with Crippen LogP contribution in [-0.2, 0) is 12.8 Å². The van der Waals surface area contributed by atoms with Crippen molar-refractivity contribution >= 4 is 5.91 Å². The SMILES string of the molecule is CCc1ccc2c(c1)[C@@H](NC[C@H](O)[C@H](Cc1ccccc1)NC(=O)c1cc(C3CCCC3)cc(-n3cccc3C#N)c1)CC(C)(C)O2. The number of aliphatic hydroxyl groups is 1. The lowest BCUT2D eigenvalue weighted by molar-refractivity contribution is 0.0582. The number of nitrogens with zero attached hydrogens (tertiary/aromatic N) is 2. The smallest absolute Gasteiger partial charge is 0.251 e. The maximum Gasteiger partial charge on any atom is 0.251 e. The molecule has 1 fully saturated rings. The highest BCUT2D eigenvalue weighted by Gasteiger charge is 2.34. The van der Waals surface area contributed by atoms with Gasteiger partial charge in [0, 0.05) is 42.0 Å². The Morgan fingerprint density at radius 3 is 2.57 bits per heavy atom. The summed E-state index contributed by atoms with van der Waals surface area (Å²) < 4.78 is 8.14. The topological polar surface area (TPSA) is 99.3 Å². The number of ether oxygens (including phenoxy) is 1. The number of hydrogen-bond donors (Lipinski definition) is 3. The number of carbonyl (C=O) groups is 1. The van der Waals surface area contributed by atoms with Crippen LogP contribution < -0.4 is 15.4 Å². The molecular formula is C40H46N4O3. The van der Waals surface area contributed by atoms with Gasteiger partial charge in [0.05, 0.1) is 12.1 Å². The molecule has 1 amide bonds. The third-order valence-corrected chi connectivity index (χ3v) is 9.76. The van der Waals surface area contributed by atoms with Crippen molar-refractivity contribution in [2.75, 3.05) is 6.54 Å². The van der Waals surface area contributed by atoms with Gasteiger partial charge in [0.15, 0.2) is 0 Å². The number of fused-ring (bicyclic) bond motifs is 1. The molecule has 0 spiro atoms. The van der Waals surface area contributed by atoms with Crippen LogP contribution in [0.4, 0.5) is 0 Å². The molecular weight excluding hydrogens is 584 g/mol. The lowest BCUT2D eigenvalue weighted by Gasteiger charge is -2.39. The zero-order chi connectivity index (χ0) is 33.0. The molecule has 2 aliphatic rings. The first-order chi connectivity index (χ1) is 22.7. The molecule has 0 saturated heterocycles. The van der Waals surface area contributed by atoms with E-state index in [2.05, 4.69) is 61.7 Å².